The molecule has 0 atom stereocenters. The number of nitrogen functional groups attached to an aromatic ring is 1. The zero-order valence-electron chi connectivity index (χ0n) is 9.14. The van der Waals surface area contributed by atoms with Crippen LogP contribution in [0.1, 0.15) is 6.92 Å². The molecule has 5 nitrogen and oxygen atoms in total. The van der Waals surface area contributed by atoms with Crippen LogP contribution < -0.4 is 15.2 Å². The quantitative estimate of drug-likeness (QED) is 0.717. The van der Waals surface area contributed by atoms with E-state index in [9.17, 15) is 8.42 Å². The van der Waals surface area contributed by atoms with E-state index in [1.165, 1.54) is 0 Å². The lowest BCUT2D eigenvalue weighted by Gasteiger charge is -2.08. The normalized spacial score (nSPS) is 11.3. The molecular formula is C10H16N2O3S. The lowest BCUT2D eigenvalue weighted by Crippen LogP contribution is -2.28. The summed E-state index contributed by atoms with van der Waals surface area (Å²) in [4.78, 5) is 0. The summed E-state index contributed by atoms with van der Waals surface area (Å²) in [6.07, 6.45) is 0. The van der Waals surface area contributed by atoms with Crippen LogP contribution in [-0.4, -0.2) is 27.3 Å². The van der Waals surface area contributed by atoms with Crippen molar-refractivity contribution in [1.82, 2.24) is 4.72 Å². The van der Waals surface area contributed by atoms with Crippen molar-refractivity contribution < 1.29 is 13.2 Å². The first-order chi connectivity index (χ1) is 7.55. The van der Waals surface area contributed by atoms with Gasteiger partial charge in [-0.25, -0.2) is 13.1 Å². The van der Waals surface area contributed by atoms with Crippen LogP contribution in [0.15, 0.2) is 24.3 Å². The monoisotopic (exact) mass is 244 g/mol. The maximum absolute atomic E-state index is 11.3. The highest BCUT2D eigenvalue weighted by molar-refractivity contribution is 7.89. The third-order valence-electron chi connectivity index (χ3n) is 1.89. The molecule has 0 bridgehead atoms. The van der Waals surface area contributed by atoms with E-state index in [1.807, 2.05) is 0 Å². The van der Waals surface area contributed by atoms with Gasteiger partial charge in [0.2, 0.25) is 10.0 Å². The van der Waals surface area contributed by atoms with E-state index in [0.717, 1.165) is 0 Å². The van der Waals surface area contributed by atoms with Gasteiger partial charge in [-0.1, -0.05) is 19.1 Å². The minimum atomic E-state index is -3.23. The van der Waals surface area contributed by atoms with Gasteiger partial charge in [-0.15, -0.1) is 0 Å². The van der Waals surface area contributed by atoms with Crippen molar-refractivity contribution >= 4 is 15.7 Å². The fraction of sp³-hybridized carbons (Fsp3) is 0.400. The zero-order valence-corrected chi connectivity index (χ0v) is 9.96. The van der Waals surface area contributed by atoms with Crippen molar-refractivity contribution in [3.8, 4) is 5.75 Å². The van der Waals surface area contributed by atoms with Crippen LogP contribution >= 0.6 is 0 Å². The third-order valence-corrected chi connectivity index (χ3v) is 3.33. The average Bonchev–Trinajstić information content (AvgIpc) is 2.20. The molecule has 0 spiro atoms. The van der Waals surface area contributed by atoms with Gasteiger partial charge in [0.25, 0.3) is 0 Å². The standard InChI is InChI=1S/C10H16N2O3S/c1-2-12-16(13,14)8-7-15-10-6-4-3-5-9(10)11/h3-6,12H,2,7-8,11H2,1H3. The third kappa shape index (κ3) is 4.08. The molecule has 0 amide bonds. The number of benzene rings is 1. The molecule has 0 saturated carbocycles. The smallest absolute Gasteiger partial charge is 0.214 e. The molecule has 0 fully saturated rings. The van der Waals surface area contributed by atoms with Gasteiger partial charge in [0.05, 0.1) is 11.4 Å². The molecule has 16 heavy (non-hydrogen) atoms. The van der Waals surface area contributed by atoms with Crippen LogP contribution in [0.2, 0.25) is 0 Å². The molecule has 90 valence electrons. The largest absolute Gasteiger partial charge is 0.490 e. The Hall–Kier alpha value is -1.27. The lowest BCUT2D eigenvalue weighted by atomic mass is 10.3. The molecule has 0 unspecified atom stereocenters. The SMILES string of the molecule is CCNS(=O)(=O)CCOc1ccccc1N. The number of nitrogens with one attached hydrogen (secondary N) is 1. The van der Waals surface area contributed by atoms with Gasteiger partial charge < -0.3 is 10.5 Å². The molecule has 6 heteroatoms. The van der Waals surface area contributed by atoms with Crippen molar-refractivity contribution in [3.05, 3.63) is 24.3 Å². The van der Waals surface area contributed by atoms with Crippen molar-refractivity contribution in [2.45, 2.75) is 6.92 Å². The van der Waals surface area contributed by atoms with Gasteiger partial charge >= 0.3 is 0 Å². The van der Waals surface area contributed by atoms with Crippen LogP contribution in [0, 0.1) is 0 Å². The molecule has 0 aliphatic rings. The van der Waals surface area contributed by atoms with Crippen molar-refractivity contribution in [2.75, 3.05) is 24.6 Å². The Labute approximate surface area is 95.7 Å². The highest BCUT2D eigenvalue weighted by atomic mass is 32.2. The topological polar surface area (TPSA) is 81.4 Å². The van der Waals surface area contributed by atoms with Gasteiger partial charge in [0.1, 0.15) is 12.4 Å². The maximum Gasteiger partial charge on any atom is 0.214 e. The van der Waals surface area contributed by atoms with Crippen LogP contribution in [0.25, 0.3) is 0 Å². The summed E-state index contributed by atoms with van der Waals surface area (Å²) in [7, 11) is -3.23. The summed E-state index contributed by atoms with van der Waals surface area (Å²) < 4.78 is 30.2. The molecule has 0 aromatic heterocycles. The number of para-hydroxylation sites is 2. The van der Waals surface area contributed by atoms with Crippen molar-refractivity contribution in [2.24, 2.45) is 0 Å². The van der Waals surface area contributed by atoms with Crippen LogP contribution in [0.5, 0.6) is 5.75 Å². The first-order valence-electron chi connectivity index (χ1n) is 5.00. The Kier molecular flexibility index (Phi) is 4.57. The van der Waals surface area contributed by atoms with E-state index in [0.29, 0.717) is 18.0 Å². The van der Waals surface area contributed by atoms with Crippen LogP contribution in [0.4, 0.5) is 5.69 Å². The van der Waals surface area contributed by atoms with E-state index >= 15 is 0 Å². The molecule has 0 aliphatic carbocycles. The summed E-state index contributed by atoms with van der Waals surface area (Å²) in [5.41, 5.74) is 6.14. The summed E-state index contributed by atoms with van der Waals surface area (Å²) in [6, 6.07) is 6.98. The number of anilines is 1. The van der Waals surface area contributed by atoms with Crippen molar-refractivity contribution in [1.29, 1.82) is 0 Å². The van der Waals surface area contributed by atoms with Gasteiger partial charge in [-0.05, 0) is 12.1 Å². The summed E-state index contributed by atoms with van der Waals surface area (Å²) in [5, 5.41) is 0. The van der Waals surface area contributed by atoms with E-state index in [1.54, 1.807) is 31.2 Å². The van der Waals surface area contributed by atoms with E-state index < -0.39 is 10.0 Å². The molecule has 1 rings (SSSR count). The predicted octanol–water partition coefficient (Wildman–Crippen LogP) is 0.587. The molecule has 1 aromatic carbocycles. The second kappa shape index (κ2) is 5.72. The number of nitrogens with two attached hydrogens (primary N) is 1. The fourth-order valence-electron chi connectivity index (χ4n) is 1.17. The predicted molar refractivity (Wildman–Crippen MR) is 63.8 cm³/mol. The first kappa shape index (κ1) is 12.8. The molecular weight excluding hydrogens is 228 g/mol. The van der Waals surface area contributed by atoms with Gasteiger partial charge in [-0.3, -0.25) is 0 Å². The van der Waals surface area contributed by atoms with Crippen molar-refractivity contribution in [3.63, 3.8) is 0 Å². The fourth-order valence-corrected chi connectivity index (χ4v) is 2.05. The van der Waals surface area contributed by atoms with E-state index in [-0.39, 0.29) is 12.4 Å². The van der Waals surface area contributed by atoms with Crippen LogP contribution in [-0.2, 0) is 10.0 Å². The molecule has 0 saturated heterocycles. The maximum atomic E-state index is 11.3. The summed E-state index contributed by atoms with van der Waals surface area (Å²) in [5.74, 6) is 0.434. The Morgan fingerprint density at radius 2 is 2.06 bits per heavy atom. The lowest BCUT2D eigenvalue weighted by molar-refractivity contribution is 0.342. The number of hydrogen-bond donors (Lipinski definition) is 2. The molecule has 0 heterocycles. The number of sulfonamides is 1. The van der Waals surface area contributed by atoms with E-state index in [4.69, 9.17) is 10.5 Å². The molecule has 3 N–H and O–H groups in total. The summed E-state index contributed by atoms with van der Waals surface area (Å²) in [6.45, 7) is 2.20. The molecule has 1 aromatic rings. The molecule has 0 aliphatic heterocycles. The first-order valence-corrected chi connectivity index (χ1v) is 6.65. The summed E-state index contributed by atoms with van der Waals surface area (Å²) >= 11 is 0. The highest BCUT2D eigenvalue weighted by Crippen LogP contribution is 2.19. The second-order valence-corrected chi connectivity index (χ2v) is 5.13. The van der Waals surface area contributed by atoms with Gasteiger partial charge in [-0.2, -0.15) is 0 Å². The Bertz CT molecular complexity index is 431. The second-order valence-electron chi connectivity index (χ2n) is 3.20. The number of ether oxygens (including phenoxy) is 1. The minimum Gasteiger partial charge on any atom is -0.490 e. The van der Waals surface area contributed by atoms with Crippen LogP contribution in [0.3, 0.4) is 0 Å². The highest BCUT2D eigenvalue weighted by Gasteiger charge is 2.08. The van der Waals surface area contributed by atoms with Gasteiger partial charge in [0, 0.05) is 6.54 Å². The van der Waals surface area contributed by atoms with Gasteiger partial charge in [0.15, 0.2) is 0 Å². The number of rotatable bonds is 6. The Morgan fingerprint density at radius 1 is 1.38 bits per heavy atom. The zero-order chi connectivity index (χ0) is 12.0. The Morgan fingerprint density at radius 3 is 2.69 bits per heavy atom. The average molecular weight is 244 g/mol. The Balaban J connectivity index is 2.45. The van der Waals surface area contributed by atoms with E-state index in [2.05, 4.69) is 4.72 Å². The molecule has 0 radical (unpaired) electrons. The minimum absolute atomic E-state index is 0.0742. The number of hydrogen-bond acceptors (Lipinski definition) is 4.